The molecular weight excluding hydrogens is 258 g/mol. The molecule has 2 rings (SSSR count). The number of thioether (sulfide) groups is 1. The molecule has 1 aromatic carbocycles. The van der Waals surface area contributed by atoms with Crippen molar-refractivity contribution in [2.45, 2.75) is 24.6 Å². The summed E-state index contributed by atoms with van der Waals surface area (Å²) < 4.78 is 0. The highest BCUT2D eigenvalue weighted by Gasteiger charge is 2.03. The Labute approximate surface area is 116 Å². The van der Waals surface area contributed by atoms with Crippen LogP contribution in [0.15, 0.2) is 29.3 Å². The number of hydrogen-bond donors (Lipinski definition) is 3. The lowest BCUT2D eigenvalue weighted by Gasteiger charge is -2.06. The summed E-state index contributed by atoms with van der Waals surface area (Å²) in [6.07, 6.45) is 0. The molecule has 1 heterocycles. The van der Waals surface area contributed by atoms with E-state index in [1.165, 1.54) is 16.7 Å². The summed E-state index contributed by atoms with van der Waals surface area (Å²) in [5, 5.41) is 0.805. The number of anilines is 2. The van der Waals surface area contributed by atoms with Gasteiger partial charge in [0.1, 0.15) is 10.8 Å². The molecule has 0 bridgehead atoms. The number of rotatable bonds is 4. The Balaban J connectivity index is 2.11. The summed E-state index contributed by atoms with van der Waals surface area (Å²) >= 11 is 1.61. The fourth-order valence-corrected chi connectivity index (χ4v) is 2.73. The van der Waals surface area contributed by atoms with E-state index in [-0.39, 0.29) is 5.95 Å². The molecule has 100 valence electrons. The monoisotopic (exact) mass is 275 g/mol. The highest BCUT2D eigenvalue weighted by atomic mass is 32.2. The molecule has 0 aliphatic rings. The number of aryl methyl sites for hydroxylation is 2. The maximum Gasteiger partial charge on any atom is 0.223 e. The van der Waals surface area contributed by atoms with E-state index in [0.717, 1.165) is 10.8 Å². The van der Waals surface area contributed by atoms with Gasteiger partial charge >= 0.3 is 0 Å². The van der Waals surface area contributed by atoms with Crippen molar-refractivity contribution in [3.63, 3.8) is 0 Å². The molecule has 0 atom stereocenters. The van der Waals surface area contributed by atoms with Crippen molar-refractivity contribution < 1.29 is 0 Å². The number of aromatic nitrogens is 2. The Kier molecular flexibility index (Phi) is 4.24. The topological polar surface area (TPSA) is 89.8 Å². The summed E-state index contributed by atoms with van der Waals surface area (Å²) in [5.41, 5.74) is 11.9. The van der Waals surface area contributed by atoms with Crippen LogP contribution in [0.1, 0.15) is 16.7 Å². The third-order valence-corrected chi connectivity index (χ3v) is 3.52. The van der Waals surface area contributed by atoms with Crippen molar-refractivity contribution in [3.8, 4) is 0 Å². The molecule has 0 saturated carbocycles. The normalized spacial score (nSPS) is 10.5. The second kappa shape index (κ2) is 5.90. The van der Waals surface area contributed by atoms with Crippen LogP contribution in [0.5, 0.6) is 0 Å². The number of hydrogen-bond acceptors (Lipinski definition) is 6. The number of benzene rings is 1. The molecule has 0 aliphatic heterocycles. The maximum absolute atomic E-state index is 5.62. The van der Waals surface area contributed by atoms with Crippen LogP contribution in [0.2, 0.25) is 0 Å². The predicted molar refractivity (Wildman–Crippen MR) is 79.7 cm³/mol. The highest BCUT2D eigenvalue weighted by molar-refractivity contribution is 7.98. The molecule has 0 fully saturated rings. The quantitative estimate of drug-likeness (QED) is 0.343. The molecule has 1 aromatic heterocycles. The van der Waals surface area contributed by atoms with Gasteiger partial charge in [-0.05, 0) is 19.4 Å². The third-order valence-electron chi connectivity index (χ3n) is 2.54. The van der Waals surface area contributed by atoms with Gasteiger partial charge in [0, 0.05) is 11.8 Å². The Bertz CT molecular complexity index is 565. The lowest BCUT2D eigenvalue weighted by molar-refractivity contribution is 1.05. The summed E-state index contributed by atoms with van der Waals surface area (Å²) in [4.78, 5) is 8.13. The van der Waals surface area contributed by atoms with Crippen molar-refractivity contribution in [2.24, 2.45) is 5.84 Å². The minimum absolute atomic E-state index is 0.221. The van der Waals surface area contributed by atoms with Gasteiger partial charge in [0.2, 0.25) is 5.95 Å². The molecule has 2 aromatic rings. The van der Waals surface area contributed by atoms with Crippen molar-refractivity contribution in [2.75, 3.05) is 11.2 Å². The van der Waals surface area contributed by atoms with Gasteiger partial charge in [-0.25, -0.2) is 10.8 Å². The minimum atomic E-state index is 0.221. The second-order valence-corrected chi connectivity index (χ2v) is 5.37. The molecule has 0 unspecified atom stereocenters. The van der Waals surface area contributed by atoms with Crippen molar-refractivity contribution in [3.05, 3.63) is 41.0 Å². The molecule has 5 N–H and O–H groups in total. The smallest absolute Gasteiger partial charge is 0.223 e. The van der Waals surface area contributed by atoms with Gasteiger partial charge in [-0.15, -0.1) is 11.8 Å². The van der Waals surface area contributed by atoms with Gasteiger partial charge < -0.3 is 11.2 Å². The predicted octanol–water partition coefficient (Wildman–Crippen LogP) is 2.25. The maximum atomic E-state index is 5.62. The molecule has 0 spiro atoms. The van der Waals surface area contributed by atoms with E-state index in [1.54, 1.807) is 17.8 Å². The minimum Gasteiger partial charge on any atom is -0.368 e. The number of nitrogen functional groups attached to an aromatic ring is 2. The summed E-state index contributed by atoms with van der Waals surface area (Å²) in [6, 6.07) is 8.29. The van der Waals surface area contributed by atoms with E-state index in [2.05, 4.69) is 47.4 Å². The van der Waals surface area contributed by atoms with E-state index in [0.29, 0.717) is 5.82 Å². The van der Waals surface area contributed by atoms with Crippen molar-refractivity contribution in [1.82, 2.24) is 9.97 Å². The van der Waals surface area contributed by atoms with E-state index in [1.807, 2.05) is 0 Å². The summed E-state index contributed by atoms with van der Waals surface area (Å²) in [7, 11) is 0. The Morgan fingerprint density at radius 2 is 1.79 bits per heavy atom. The van der Waals surface area contributed by atoms with Gasteiger partial charge in [0.15, 0.2) is 0 Å². The average molecular weight is 275 g/mol. The van der Waals surface area contributed by atoms with Crippen LogP contribution in [0.4, 0.5) is 11.8 Å². The van der Waals surface area contributed by atoms with E-state index < -0.39 is 0 Å². The zero-order valence-electron chi connectivity index (χ0n) is 11.0. The zero-order chi connectivity index (χ0) is 13.8. The first-order valence-corrected chi connectivity index (χ1v) is 6.86. The van der Waals surface area contributed by atoms with Crippen LogP contribution in [0, 0.1) is 13.8 Å². The Hall–Kier alpha value is -1.79. The molecule has 0 saturated heterocycles. The fourth-order valence-electron chi connectivity index (χ4n) is 1.90. The van der Waals surface area contributed by atoms with E-state index >= 15 is 0 Å². The fraction of sp³-hybridized carbons (Fsp3) is 0.231. The van der Waals surface area contributed by atoms with Crippen LogP contribution >= 0.6 is 11.8 Å². The first kappa shape index (κ1) is 13.6. The third kappa shape index (κ3) is 3.84. The highest BCUT2D eigenvalue weighted by Crippen LogP contribution is 2.24. The summed E-state index contributed by atoms with van der Waals surface area (Å²) in [5.74, 6) is 6.91. The van der Waals surface area contributed by atoms with Crippen LogP contribution in [-0.4, -0.2) is 9.97 Å². The van der Waals surface area contributed by atoms with Crippen LogP contribution in [-0.2, 0) is 5.75 Å². The molecule has 6 heteroatoms. The lowest BCUT2D eigenvalue weighted by Crippen LogP contribution is -2.10. The first-order chi connectivity index (χ1) is 9.06. The molecular formula is C13H17N5S. The average Bonchev–Trinajstić information content (AvgIpc) is 2.34. The summed E-state index contributed by atoms with van der Waals surface area (Å²) in [6.45, 7) is 4.20. The standard InChI is InChI=1S/C13H17N5S/c1-8-3-9(2)5-10(4-8)7-19-12-6-11(18-15)16-13(14)17-12/h3-6H,7,15H2,1-2H3,(H3,14,16,17,18). The molecule has 5 nitrogen and oxygen atoms in total. The number of nitrogens with two attached hydrogens (primary N) is 2. The van der Waals surface area contributed by atoms with Gasteiger partial charge in [-0.3, -0.25) is 0 Å². The Morgan fingerprint density at radius 1 is 1.11 bits per heavy atom. The van der Waals surface area contributed by atoms with Gasteiger partial charge in [-0.1, -0.05) is 29.3 Å². The molecule has 0 aliphatic carbocycles. The zero-order valence-corrected chi connectivity index (χ0v) is 11.8. The van der Waals surface area contributed by atoms with E-state index in [9.17, 15) is 0 Å². The number of hydrazine groups is 1. The van der Waals surface area contributed by atoms with Gasteiger partial charge in [0.25, 0.3) is 0 Å². The number of nitrogens with one attached hydrogen (secondary N) is 1. The molecule has 0 amide bonds. The largest absolute Gasteiger partial charge is 0.368 e. The lowest BCUT2D eigenvalue weighted by atomic mass is 10.1. The SMILES string of the molecule is Cc1cc(C)cc(CSc2cc(NN)nc(N)n2)c1. The Morgan fingerprint density at radius 3 is 2.42 bits per heavy atom. The second-order valence-electron chi connectivity index (χ2n) is 4.38. The van der Waals surface area contributed by atoms with Crippen molar-refractivity contribution in [1.29, 1.82) is 0 Å². The molecule has 19 heavy (non-hydrogen) atoms. The van der Waals surface area contributed by atoms with Crippen LogP contribution in [0.25, 0.3) is 0 Å². The van der Waals surface area contributed by atoms with Crippen LogP contribution < -0.4 is 17.0 Å². The first-order valence-electron chi connectivity index (χ1n) is 5.88. The number of nitrogens with zero attached hydrogens (tertiary/aromatic N) is 2. The molecule has 0 radical (unpaired) electrons. The van der Waals surface area contributed by atoms with Crippen molar-refractivity contribution >= 4 is 23.5 Å². The van der Waals surface area contributed by atoms with Crippen LogP contribution in [0.3, 0.4) is 0 Å². The van der Waals surface area contributed by atoms with E-state index in [4.69, 9.17) is 11.6 Å². The van der Waals surface area contributed by atoms with Gasteiger partial charge in [0.05, 0.1) is 0 Å². The van der Waals surface area contributed by atoms with Gasteiger partial charge in [-0.2, -0.15) is 4.98 Å².